The zero-order valence-electron chi connectivity index (χ0n) is 10.7. The van der Waals surface area contributed by atoms with Crippen LogP contribution in [0.5, 0.6) is 0 Å². The van der Waals surface area contributed by atoms with Crippen LogP contribution in [0.25, 0.3) is 0 Å². The fraction of sp³-hybridized carbons (Fsp3) is 0.273. The maximum Gasteiger partial charge on any atom is 0.200 e. The van der Waals surface area contributed by atoms with Crippen molar-refractivity contribution in [3.63, 3.8) is 0 Å². The van der Waals surface area contributed by atoms with Crippen LogP contribution in [0.4, 0.5) is 22.0 Å². The fourth-order valence-electron chi connectivity index (χ4n) is 1.94. The highest BCUT2D eigenvalue weighted by molar-refractivity contribution is 9.10. The van der Waals surface area contributed by atoms with E-state index in [0.717, 1.165) is 4.68 Å². The van der Waals surface area contributed by atoms with Gasteiger partial charge in [0.15, 0.2) is 27.9 Å². The first-order chi connectivity index (χ1) is 9.81. The van der Waals surface area contributed by atoms with Crippen molar-refractivity contribution < 1.29 is 22.0 Å². The van der Waals surface area contributed by atoms with Gasteiger partial charge in [-0.15, -0.1) is 5.10 Å². The molecule has 1 atom stereocenters. The Hall–Kier alpha value is -1.55. The Balaban J connectivity index is 2.75. The van der Waals surface area contributed by atoms with E-state index >= 15 is 0 Å². The summed E-state index contributed by atoms with van der Waals surface area (Å²) in [6.07, 6.45) is 0. The molecule has 0 saturated carbocycles. The Morgan fingerprint density at radius 3 is 1.86 bits per heavy atom. The Bertz CT molecular complexity index is 654. The molecule has 0 aliphatic rings. The summed E-state index contributed by atoms with van der Waals surface area (Å²) in [5.74, 6) is -10.0. The molecule has 1 aromatic carbocycles. The van der Waals surface area contributed by atoms with Gasteiger partial charge in [0, 0.05) is 7.05 Å². The highest BCUT2D eigenvalue weighted by Gasteiger charge is 2.33. The van der Waals surface area contributed by atoms with E-state index in [2.05, 4.69) is 31.6 Å². The molecule has 0 saturated heterocycles. The van der Waals surface area contributed by atoms with Gasteiger partial charge < -0.3 is 5.32 Å². The molecule has 1 unspecified atom stereocenters. The van der Waals surface area contributed by atoms with Crippen LogP contribution in [-0.4, -0.2) is 22.0 Å². The summed E-state index contributed by atoms with van der Waals surface area (Å²) in [5.41, 5.74) is -0.888. The standard InChI is InChI=1S/C11H8BrF5N4/c1-18-9(10-11(12)19-20-21(10)2)3-4(13)6(15)8(17)7(16)5(3)14/h9,18H,1-2H3. The van der Waals surface area contributed by atoms with Crippen LogP contribution < -0.4 is 5.32 Å². The minimum absolute atomic E-state index is 0.112. The SMILES string of the molecule is CNC(c1c(F)c(F)c(F)c(F)c1F)c1c(Br)nnn1C. The smallest absolute Gasteiger partial charge is 0.200 e. The molecule has 1 heterocycles. The van der Waals surface area contributed by atoms with E-state index in [1.165, 1.54) is 14.1 Å². The van der Waals surface area contributed by atoms with E-state index in [9.17, 15) is 22.0 Å². The normalized spacial score (nSPS) is 12.8. The van der Waals surface area contributed by atoms with Crippen molar-refractivity contribution >= 4 is 15.9 Å². The molecule has 1 aromatic heterocycles. The number of aryl methyl sites for hydroxylation is 1. The Morgan fingerprint density at radius 1 is 1.00 bits per heavy atom. The first-order valence-electron chi connectivity index (χ1n) is 5.54. The number of aromatic nitrogens is 3. The van der Waals surface area contributed by atoms with Crippen molar-refractivity contribution in [1.82, 2.24) is 20.3 Å². The predicted octanol–water partition coefficient (Wildman–Crippen LogP) is 2.58. The molecule has 21 heavy (non-hydrogen) atoms. The lowest BCUT2D eigenvalue weighted by Crippen LogP contribution is -2.25. The lowest BCUT2D eigenvalue weighted by Gasteiger charge is -2.19. The number of hydrogen-bond donors (Lipinski definition) is 1. The van der Waals surface area contributed by atoms with Crippen molar-refractivity contribution in [2.75, 3.05) is 7.05 Å². The summed E-state index contributed by atoms with van der Waals surface area (Å²) in [6.45, 7) is 0. The van der Waals surface area contributed by atoms with Crippen LogP contribution in [0.3, 0.4) is 0 Å². The van der Waals surface area contributed by atoms with E-state index < -0.39 is 40.7 Å². The summed E-state index contributed by atoms with van der Waals surface area (Å²) in [4.78, 5) is 0. The van der Waals surface area contributed by atoms with Gasteiger partial charge in [-0.25, -0.2) is 26.6 Å². The average molecular weight is 371 g/mol. The van der Waals surface area contributed by atoms with Gasteiger partial charge in [0.25, 0.3) is 0 Å². The molecular weight excluding hydrogens is 363 g/mol. The largest absolute Gasteiger partial charge is 0.308 e. The fourth-order valence-corrected chi connectivity index (χ4v) is 2.49. The van der Waals surface area contributed by atoms with Crippen LogP contribution >= 0.6 is 15.9 Å². The molecule has 0 radical (unpaired) electrons. The molecule has 1 N–H and O–H groups in total. The van der Waals surface area contributed by atoms with Gasteiger partial charge in [0.1, 0.15) is 0 Å². The molecule has 0 fully saturated rings. The second kappa shape index (κ2) is 5.68. The second-order valence-electron chi connectivity index (χ2n) is 4.09. The van der Waals surface area contributed by atoms with Gasteiger partial charge in [-0.05, 0) is 23.0 Å². The van der Waals surface area contributed by atoms with Gasteiger partial charge >= 0.3 is 0 Å². The molecule has 0 bridgehead atoms. The summed E-state index contributed by atoms with van der Waals surface area (Å²) in [5, 5.41) is 9.71. The minimum Gasteiger partial charge on any atom is -0.308 e. The number of halogens is 6. The van der Waals surface area contributed by atoms with Gasteiger partial charge in [-0.2, -0.15) is 0 Å². The van der Waals surface area contributed by atoms with Crippen molar-refractivity contribution in [2.24, 2.45) is 7.05 Å². The van der Waals surface area contributed by atoms with Crippen LogP contribution in [0.2, 0.25) is 0 Å². The molecule has 0 spiro atoms. The number of nitrogens with one attached hydrogen (secondary N) is 1. The lowest BCUT2D eigenvalue weighted by atomic mass is 10.0. The van der Waals surface area contributed by atoms with E-state index in [1.807, 2.05) is 0 Å². The third-order valence-corrected chi connectivity index (χ3v) is 3.49. The van der Waals surface area contributed by atoms with Gasteiger partial charge in [0.05, 0.1) is 17.3 Å². The highest BCUT2D eigenvalue weighted by Crippen LogP contribution is 2.33. The summed E-state index contributed by atoms with van der Waals surface area (Å²) >= 11 is 3.02. The topological polar surface area (TPSA) is 42.7 Å². The summed E-state index contributed by atoms with van der Waals surface area (Å²) < 4.78 is 68.7. The molecule has 4 nitrogen and oxygen atoms in total. The Kier molecular flexibility index (Phi) is 4.28. The van der Waals surface area contributed by atoms with Crippen LogP contribution in [0, 0.1) is 29.1 Å². The monoisotopic (exact) mass is 370 g/mol. The average Bonchev–Trinajstić information content (AvgIpc) is 2.79. The molecule has 0 aliphatic carbocycles. The van der Waals surface area contributed by atoms with Crippen molar-refractivity contribution in [3.05, 3.63) is 44.9 Å². The molecule has 0 aliphatic heterocycles. The van der Waals surface area contributed by atoms with Gasteiger partial charge in [-0.1, -0.05) is 5.21 Å². The molecule has 114 valence electrons. The maximum atomic E-state index is 13.9. The first-order valence-corrected chi connectivity index (χ1v) is 6.34. The summed E-state index contributed by atoms with van der Waals surface area (Å²) in [6, 6.07) is -1.33. The lowest BCUT2D eigenvalue weighted by molar-refractivity contribution is 0.362. The molecule has 0 amide bonds. The number of hydrogen-bond acceptors (Lipinski definition) is 3. The van der Waals surface area contributed by atoms with E-state index in [4.69, 9.17) is 0 Å². The van der Waals surface area contributed by atoms with Crippen molar-refractivity contribution in [2.45, 2.75) is 6.04 Å². The van der Waals surface area contributed by atoms with Crippen LogP contribution in [0.15, 0.2) is 4.60 Å². The number of nitrogens with zero attached hydrogens (tertiary/aromatic N) is 3. The van der Waals surface area contributed by atoms with Crippen molar-refractivity contribution in [3.8, 4) is 0 Å². The third-order valence-electron chi connectivity index (χ3n) is 2.92. The minimum atomic E-state index is -2.20. The van der Waals surface area contributed by atoms with Gasteiger partial charge in [-0.3, -0.25) is 0 Å². The number of rotatable bonds is 3. The van der Waals surface area contributed by atoms with Gasteiger partial charge in [0.2, 0.25) is 5.82 Å². The second-order valence-corrected chi connectivity index (χ2v) is 4.85. The zero-order chi connectivity index (χ0) is 15.9. The highest BCUT2D eigenvalue weighted by atomic mass is 79.9. The molecule has 10 heteroatoms. The van der Waals surface area contributed by atoms with Crippen LogP contribution in [-0.2, 0) is 7.05 Å². The zero-order valence-corrected chi connectivity index (χ0v) is 12.3. The maximum absolute atomic E-state index is 13.9. The van der Waals surface area contributed by atoms with Crippen molar-refractivity contribution in [1.29, 1.82) is 0 Å². The Labute approximate surface area is 124 Å². The predicted molar refractivity (Wildman–Crippen MR) is 65.8 cm³/mol. The quantitative estimate of drug-likeness (QED) is 0.513. The first kappa shape index (κ1) is 15.8. The van der Waals surface area contributed by atoms with E-state index in [-0.39, 0.29) is 10.3 Å². The van der Waals surface area contributed by atoms with Crippen LogP contribution in [0.1, 0.15) is 17.3 Å². The van der Waals surface area contributed by atoms with E-state index in [0.29, 0.717) is 0 Å². The number of benzene rings is 1. The van der Waals surface area contributed by atoms with E-state index in [1.54, 1.807) is 0 Å². The summed E-state index contributed by atoms with van der Waals surface area (Å²) in [7, 11) is 2.73. The molecular formula is C11H8BrF5N4. The third kappa shape index (κ3) is 2.42. The molecule has 2 aromatic rings. The Morgan fingerprint density at radius 2 is 1.48 bits per heavy atom. The molecule has 2 rings (SSSR count).